The van der Waals surface area contributed by atoms with E-state index in [9.17, 15) is 9.59 Å². The van der Waals surface area contributed by atoms with Crippen molar-refractivity contribution >= 4 is 16.8 Å². The van der Waals surface area contributed by atoms with Crippen molar-refractivity contribution in [1.82, 2.24) is 0 Å². The predicted octanol–water partition coefficient (Wildman–Crippen LogP) is 4.32. The van der Waals surface area contributed by atoms with Gasteiger partial charge in [0, 0.05) is 11.1 Å². The third-order valence-electron chi connectivity index (χ3n) is 6.38. The molecular formula is C25H24O7. The second-order valence-corrected chi connectivity index (χ2v) is 8.16. The average Bonchev–Trinajstić information content (AvgIpc) is 3.28. The molecule has 2 heterocycles. The molecule has 1 aliphatic heterocycles. The number of ketones is 1. The van der Waals surface area contributed by atoms with Gasteiger partial charge in [0.05, 0.1) is 38.7 Å². The van der Waals surface area contributed by atoms with Gasteiger partial charge in [-0.25, -0.2) is 4.79 Å². The molecule has 0 N–H and O–H groups in total. The Balaban J connectivity index is 1.71. The fourth-order valence-corrected chi connectivity index (χ4v) is 4.92. The van der Waals surface area contributed by atoms with Crippen LogP contribution in [0.2, 0.25) is 0 Å². The van der Waals surface area contributed by atoms with Gasteiger partial charge in [-0.15, -0.1) is 0 Å². The molecule has 0 unspecified atom stereocenters. The third kappa shape index (κ3) is 2.95. The molecule has 166 valence electrons. The number of Topliss-reactive ketones (excluding diaryl/α,β-unsaturated/α-hetero) is 1. The maximum absolute atomic E-state index is 13.3. The number of hydrogen-bond acceptors (Lipinski definition) is 7. The van der Waals surface area contributed by atoms with Gasteiger partial charge in [-0.2, -0.15) is 0 Å². The van der Waals surface area contributed by atoms with Gasteiger partial charge in [-0.05, 0) is 55.5 Å². The van der Waals surface area contributed by atoms with E-state index in [0.29, 0.717) is 46.1 Å². The predicted molar refractivity (Wildman–Crippen MR) is 118 cm³/mol. The van der Waals surface area contributed by atoms with Gasteiger partial charge in [0.25, 0.3) is 0 Å². The van der Waals surface area contributed by atoms with Crippen molar-refractivity contribution in [3.05, 3.63) is 56.4 Å². The Hall–Kier alpha value is -3.48. The molecule has 0 radical (unpaired) electrons. The lowest BCUT2D eigenvalue weighted by Crippen LogP contribution is -2.22. The van der Waals surface area contributed by atoms with Crippen molar-refractivity contribution in [2.45, 2.75) is 38.7 Å². The first-order valence-electron chi connectivity index (χ1n) is 10.6. The first kappa shape index (κ1) is 20.4. The Morgan fingerprint density at radius 3 is 2.28 bits per heavy atom. The molecule has 0 fully saturated rings. The number of carbonyl (C=O) groups excluding carboxylic acids is 1. The largest absolute Gasteiger partial charge is 0.493 e. The second-order valence-electron chi connectivity index (χ2n) is 8.16. The average molecular weight is 436 g/mol. The number of fused-ring (bicyclic) bond motifs is 5. The zero-order valence-electron chi connectivity index (χ0n) is 18.5. The van der Waals surface area contributed by atoms with Crippen molar-refractivity contribution in [1.29, 1.82) is 0 Å². The van der Waals surface area contributed by atoms with Crippen LogP contribution in [0.1, 0.15) is 51.6 Å². The molecule has 2 aliphatic rings. The summed E-state index contributed by atoms with van der Waals surface area (Å²) in [6, 6.07) is 5.37. The summed E-state index contributed by atoms with van der Waals surface area (Å²) in [7, 11) is 4.64. The molecule has 0 bridgehead atoms. The fourth-order valence-electron chi connectivity index (χ4n) is 4.92. The van der Waals surface area contributed by atoms with E-state index in [0.717, 1.165) is 34.9 Å². The monoisotopic (exact) mass is 436 g/mol. The van der Waals surface area contributed by atoms with E-state index in [4.69, 9.17) is 23.4 Å². The highest BCUT2D eigenvalue weighted by atomic mass is 16.5. The summed E-state index contributed by atoms with van der Waals surface area (Å²) in [6.07, 6.45) is 1.96. The van der Waals surface area contributed by atoms with Gasteiger partial charge in [0.2, 0.25) is 5.75 Å². The number of ether oxygens (including phenoxy) is 4. The topological polar surface area (TPSA) is 84.2 Å². The summed E-state index contributed by atoms with van der Waals surface area (Å²) in [5.74, 6) is 1.94. The molecule has 1 aromatic heterocycles. The molecule has 0 saturated heterocycles. The molecule has 3 aromatic rings. The van der Waals surface area contributed by atoms with Gasteiger partial charge in [-0.1, -0.05) is 0 Å². The van der Waals surface area contributed by atoms with E-state index in [1.165, 1.54) is 0 Å². The lowest BCUT2D eigenvalue weighted by Gasteiger charge is -2.29. The van der Waals surface area contributed by atoms with Crippen LogP contribution in [0.3, 0.4) is 0 Å². The minimum atomic E-state index is -0.544. The van der Waals surface area contributed by atoms with Crippen molar-refractivity contribution in [3.63, 3.8) is 0 Å². The smallest absolute Gasteiger partial charge is 0.339 e. The normalized spacial score (nSPS) is 17.0. The van der Waals surface area contributed by atoms with E-state index in [1.54, 1.807) is 39.5 Å². The van der Waals surface area contributed by atoms with E-state index < -0.39 is 6.10 Å². The standard InChI is InChI=1S/C25H24O7/c1-12-8-18-22(14-6-5-7-15(14)25(27)32-18)24-21(12)16(26)11-17(31-24)13-9-19(28-2)23(30-4)20(10-13)29-3/h8-10,17H,5-7,11H2,1-4H3/t17-/m1/s1. The Kier molecular flexibility index (Phi) is 4.84. The SMILES string of the molecule is COc1cc([C@H]2CC(=O)c3c(C)cc4oc(=O)c5c(c4c3O2)CCC5)cc(OC)c1OC. The van der Waals surface area contributed by atoms with Crippen molar-refractivity contribution in [3.8, 4) is 23.0 Å². The first-order chi connectivity index (χ1) is 15.5. The van der Waals surface area contributed by atoms with Gasteiger partial charge in [0.1, 0.15) is 17.4 Å². The molecule has 7 heteroatoms. The summed E-state index contributed by atoms with van der Waals surface area (Å²) in [4.78, 5) is 25.7. The molecule has 5 rings (SSSR count). The van der Waals surface area contributed by atoms with Crippen LogP contribution in [0.5, 0.6) is 23.0 Å². The zero-order valence-corrected chi connectivity index (χ0v) is 18.5. The van der Waals surface area contributed by atoms with Crippen molar-refractivity contribution in [2.24, 2.45) is 0 Å². The highest BCUT2D eigenvalue weighted by Gasteiger charge is 2.34. The number of rotatable bonds is 4. The lowest BCUT2D eigenvalue weighted by molar-refractivity contribution is 0.0851. The van der Waals surface area contributed by atoms with Crippen LogP contribution in [0, 0.1) is 6.92 Å². The van der Waals surface area contributed by atoms with E-state index in [2.05, 4.69) is 0 Å². The Bertz CT molecular complexity index is 1290. The van der Waals surface area contributed by atoms with Crippen LogP contribution < -0.4 is 24.6 Å². The maximum atomic E-state index is 13.3. The van der Waals surface area contributed by atoms with Gasteiger partial charge in [0.15, 0.2) is 17.3 Å². The van der Waals surface area contributed by atoms with Crippen molar-refractivity contribution in [2.75, 3.05) is 21.3 Å². The summed E-state index contributed by atoms with van der Waals surface area (Å²) >= 11 is 0. The highest BCUT2D eigenvalue weighted by molar-refractivity contribution is 6.07. The van der Waals surface area contributed by atoms with E-state index in [1.807, 2.05) is 6.92 Å². The number of benzene rings is 2. The molecule has 0 saturated carbocycles. The van der Waals surface area contributed by atoms with Crippen LogP contribution in [0.15, 0.2) is 27.4 Å². The number of hydrogen-bond donors (Lipinski definition) is 0. The Morgan fingerprint density at radius 1 is 0.938 bits per heavy atom. The van der Waals surface area contributed by atoms with Crippen LogP contribution in [0.25, 0.3) is 11.0 Å². The van der Waals surface area contributed by atoms with E-state index in [-0.39, 0.29) is 17.8 Å². The third-order valence-corrected chi connectivity index (χ3v) is 6.38. The minimum Gasteiger partial charge on any atom is -0.493 e. The summed E-state index contributed by atoms with van der Waals surface area (Å²) in [5, 5.41) is 0.739. The quantitative estimate of drug-likeness (QED) is 0.563. The lowest BCUT2D eigenvalue weighted by atomic mass is 9.90. The molecule has 7 nitrogen and oxygen atoms in total. The molecule has 32 heavy (non-hydrogen) atoms. The number of aryl methyl sites for hydroxylation is 2. The molecule has 2 aromatic carbocycles. The number of methoxy groups -OCH3 is 3. The van der Waals surface area contributed by atoms with Crippen molar-refractivity contribution < 1.29 is 28.2 Å². The summed E-state index contributed by atoms with van der Waals surface area (Å²) in [5.41, 5.74) is 3.83. The Morgan fingerprint density at radius 2 is 1.62 bits per heavy atom. The maximum Gasteiger partial charge on any atom is 0.339 e. The highest BCUT2D eigenvalue weighted by Crippen LogP contribution is 2.47. The number of carbonyl (C=O) groups is 1. The molecule has 1 atom stereocenters. The van der Waals surface area contributed by atoms with Crippen LogP contribution in [-0.4, -0.2) is 27.1 Å². The zero-order chi connectivity index (χ0) is 22.6. The summed E-state index contributed by atoms with van der Waals surface area (Å²) in [6.45, 7) is 1.84. The first-order valence-corrected chi connectivity index (χ1v) is 10.6. The Labute approximate surface area is 184 Å². The van der Waals surface area contributed by atoms with Crippen LogP contribution in [-0.2, 0) is 12.8 Å². The minimum absolute atomic E-state index is 0.0117. The molecule has 0 spiro atoms. The van der Waals surface area contributed by atoms with E-state index >= 15 is 0 Å². The van der Waals surface area contributed by atoms with Gasteiger partial charge >= 0.3 is 5.63 Å². The second kappa shape index (κ2) is 7.58. The van der Waals surface area contributed by atoms with Crippen LogP contribution >= 0.6 is 0 Å². The molecular weight excluding hydrogens is 412 g/mol. The fraction of sp³-hybridized carbons (Fsp3) is 0.360. The van der Waals surface area contributed by atoms with Crippen LogP contribution in [0.4, 0.5) is 0 Å². The van der Waals surface area contributed by atoms with Gasteiger partial charge < -0.3 is 23.4 Å². The molecule has 1 aliphatic carbocycles. The van der Waals surface area contributed by atoms with Gasteiger partial charge in [-0.3, -0.25) is 4.79 Å². The molecule has 0 amide bonds. The summed E-state index contributed by atoms with van der Waals surface area (Å²) < 4.78 is 28.5.